The zero-order valence-corrected chi connectivity index (χ0v) is 17.2. The molecule has 6 nitrogen and oxygen atoms in total. The van der Waals surface area contributed by atoms with Gasteiger partial charge in [0.25, 0.3) is 15.9 Å². The second kappa shape index (κ2) is 7.57. The topological polar surface area (TPSA) is 79.6 Å². The molecule has 2 heterocycles. The highest BCUT2D eigenvalue weighted by Gasteiger charge is 2.36. The smallest absolute Gasteiger partial charge is 0.264 e. The predicted octanol–water partition coefficient (Wildman–Crippen LogP) is 4.00. The quantitative estimate of drug-likeness (QED) is 0.663. The molecule has 1 aliphatic rings. The van der Waals surface area contributed by atoms with E-state index in [9.17, 15) is 13.2 Å². The Morgan fingerprint density at radius 3 is 2.66 bits per heavy atom. The normalized spacial score (nSPS) is 15.9. The molecule has 0 spiro atoms. The Hall–Kier alpha value is -2.77. The number of furan rings is 1. The summed E-state index contributed by atoms with van der Waals surface area (Å²) in [6.07, 6.45) is 2.08. The van der Waals surface area contributed by atoms with Crippen LogP contribution in [0.5, 0.6) is 0 Å². The lowest BCUT2D eigenvalue weighted by Crippen LogP contribution is -2.35. The molecule has 1 amide bonds. The van der Waals surface area contributed by atoms with Crippen LogP contribution in [0.2, 0.25) is 5.02 Å². The summed E-state index contributed by atoms with van der Waals surface area (Å²) in [5, 5.41) is 3.28. The van der Waals surface area contributed by atoms with Gasteiger partial charge in [0.1, 0.15) is 5.76 Å². The number of amides is 1. The third-order valence-electron chi connectivity index (χ3n) is 4.87. The molecule has 8 heteroatoms. The monoisotopic (exact) mass is 430 g/mol. The average molecular weight is 431 g/mol. The van der Waals surface area contributed by atoms with E-state index in [2.05, 4.69) is 5.32 Å². The lowest BCUT2D eigenvalue weighted by molar-refractivity contribution is 0.0948. The van der Waals surface area contributed by atoms with Crippen LogP contribution in [-0.2, 0) is 23.0 Å². The number of benzene rings is 2. The van der Waals surface area contributed by atoms with E-state index in [1.807, 2.05) is 6.92 Å². The molecular weight excluding hydrogens is 412 g/mol. The maximum Gasteiger partial charge on any atom is 0.264 e. The first-order chi connectivity index (χ1) is 13.9. The summed E-state index contributed by atoms with van der Waals surface area (Å²) in [5.74, 6) is 0.421. The number of carbonyl (C=O) groups is 1. The number of nitrogens with one attached hydrogen (secondary N) is 1. The first-order valence-electron chi connectivity index (χ1n) is 9.10. The number of nitrogens with zero attached hydrogens (tertiary/aromatic N) is 1. The fourth-order valence-corrected chi connectivity index (χ4v) is 5.33. The van der Waals surface area contributed by atoms with Gasteiger partial charge in [-0.3, -0.25) is 9.10 Å². The Labute approximate surface area is 174 Å². The van der Waals surface area contributed by atoms with Crippen LogP contribution in [0.3, 0.4) is 0 Å². The highest BCUT2D eigenvalue weighted by atomic mass is 35.5. The summed E-state index contributed by atoms with van der Waals surface area (Å²) in [7, 11) is -3.73. The van der Waals surface area contributed by atoms with Crippen LogP contribution in [0, 0.1) is 0 Å². The number of anilines is 1. The van der Waals surface area contributed by atoms with E-state index in [4.69, 9.17) is 16.0 Å². The number of carbonyl (C=O) groups excluding carboxylic acids is 1. The minimum Gasteiger partial charge on any atom is -0.467 e. The largest absolute Gasteiger partial charge is 0.467 e. The number of hydrogen-bond donors (Lipinski definition) is 1. The van der Waals surface area contributed by atoms with Gasteiger partial charge in [-0.25, -0.2) is 8.42 Å². The van der Waals surface area contributed by atoms with Gasteiger partial charge in [0.05, 0.1) is 23.4 Å². The molecule has 1 N–H and O–H groups in total. The Bertz CT molecular complexity index is 1140. The van der Waals surface area contributed by atoms with Crippen LogP contribution in [0.4, 0.5) is 5.69 Å². The van der Waals surface area contributed by atoms with Gasteiger partial charge >= 0.3 is 0 Å². The zero-order valence-electron chi connectivity index (χ0n) is 15.6. The summed E-state index contributed by atoms with van der Waals surface area (Å²) < 4.78 is 33.0. The molecule has 1 aliphatic heterocycles. The van der Waals surface area contributed by atoms with Crippen LogP contribution in [-0.4, -0.2) is 20.4 Å². The fourth-order valence-electron chi connectivity index (χ4n) is 3.51. The minimum absolute atomic E-state index is 0.182. The molecule has 150 valence electrons. The third-order valence-corrected chi connectivity index (χ3v) is 7.06. The first kappa shape index (κ1) is 19.5. The molecule has 1 aromatic heterocycles. The molecule has 0 saturated heterocycles. The predicted molar refractivity (Wildman–Crippen MR) is 111 cm³/mol. The van der Waals surface area contributed by atoms with E-state index in [0.29, 0.717) is 28.5 Å². The number of halogens is 1. The van der Waals surface area contributed by atoms with Crippen LogP contribution in [0.1, 0.15) is 28.6 Å². The Kier molecular flexibility index (Phi) is 5.10. The summed E-state index contributed by atoms with van der Waals surface area (Å²) in [5.41, 5.74) is 1.89. The minimum atomic E-state index is -3.73. The molecule has 4 rings (SSSR count). The van der Waals surface area contributed by atoms with Gasteiger partial charge in [-0.1, -0.05) is 11.6 Å². The molecule has 0 bridgehead atoms. The first-order valence-corrected chi connectivity index (χ1v) is 10.9. The van der Waals surface area contributed by atoms with Gasteiger partial charge in [0.2, 0.25) is 0 Å². The second-order valence-electron chi connectivity index (χ2n) is 6.91. The van der Waals surface area contributed by atoms with Crippen molar-refractivity contribution in [3.63, 3.8) is 0 Å². The SMILES string of the molecule is C[C@H]1Cc2cc(C(=O)NCc3ccco3)ccc2N1S(=O)(=O)c1ccc(Cl)cc1. The summed E-state index contributed by atoms with van der Waals surface area (Å²) in [6, 6.07) is 14.5. The third kappa shape index (κ3) is 3.75. The van der Waals surface area contributed by atoms with Crippen LogP contribution in [0.25, 0.3) is 0 Å². The molecule has 0 fully saturated rings. The molecule has 2 aromatic carbocycles. The summed E-state index contributed by atoms with van der Waals surface area (Å²) in [4.78, 5) is 12.6. The molecule has 1 atom stereocenters. The zero-order chi connectivity index (χ0) is 20.6. The molecule has 0 aliphatic carbocycles. The van der Waals surface area contributed by atoms with Crippen molar-refractivity contribution in [1.29, 1.82) is 0 Å². The summed E-state index contributed by atoms with van der Waals surface area (Å²) in [6.45, 7) is 2.14. The highest BCUT2D eigenvalue weighted by molar-refractivity contribution is 7.92. The van der Waals surface area contributed by atoms with E-state index < -0.39 is 10.0 Å². The van der Waals surface area contributed by atoms with Crippen LogP contribution < -0.4 is 9.62 Å². The molecule has 0 radical (unpaired) electrons. The molecule has 29 heavy (non-hydrogen) atoms. The Balaban J connectivity index is 1.59. The number of rotatable bonds is 5. The summed E-state index contributed by atoms with van der Waals surface area (Å²) >= 11 is 5.88. The second-order valence-corrected chi connectivity index (χ2v) is 9.16. The van der Waals surface area contributed by atoms with E-state index in [1.54, 1.807) is 48.7 Å². The van der Waals surface area contributed by atoms with Crippen molar-refractivity contribution in [3.05, 3.63) is 82.8 Å². The van der Waals surface area contributed by atoms with E-state index in [0.717, 1.165) is 5.56 Å². The lowest BCUT2D eigenvalue weighted by Gasteiger charge is -2.24. The van der Waals surface area contributed by atoms with Gasteiger partial charge in [-0.05, 0) is 73.5 Å². The standard InChI is InChI=1S/C21H19ClN2O4S/c1-14-11-16-12-15(21(25)23-13-18-3-2-10-28-18)4-9-20(16)24(14)29(26,27)19-7-5-17(22)6-8-19/h2-10,12,14H,11,13H2,1H3,(H,23,25)/t14-/m0/s1. The van der Waals surface area contributed by atoms with E-state index >= 15 is 0 Å². The van der Waals surface area contributed by atoms with Crippen LogP contribution >= 0.6 is 11.6 Å². The van der Waals surface area contributed by atoms with Crippen molar-refractivity contribution >= 4 is 33.2 Å². The van der Waals surface area contributed by atoms with E-state index in [1.165, 1.54) is 16.4 Å². The van der Waals surface area contributed by atoms with Crippen molar-refractivity contribution < 1.29 is 17.6 Å². The van der Waals surface area contributed by atoms with Crippen molar-refractivity contribution in [2.75, 3.05) is 4.31 Å². The lowest BCUT2D eigenvalue weighted by atomic mass is 10.1. The maximum absolute atomic E-state index is 13.2. The van der Waals surface area contributed by atoms with Crippen molar-refractivity contribution in [1.82, 2.24) is 5.32 Å². The highest BCUT2D eigenvalue weighted by Crippen LogP contribution is 2.37. The van der Waals surface area contributed by atoms with Crippen molar-refractivity contribution in [3.8, 4) is 0 Å². The average Bonchev–Trinajstić information content (AvgIpc) is 3.32. The van der Waals surface area contributed by atoms with Gasteiger partial charge in [-0.15, -0.1) is 0 Å². The molecule has 0 unspecified atom stereocenters. The van der Waals surface area contributed by atoms with Crippen molar-refractivity contribution in [2.45, 2.75) is 30.8 Å². The van der Waals surface area contributed by atoms with Crippen LogP contribution in [0.15, 0.2) is 70.2 Å². The van der Waals surface area contributed by atoms with Gasteiger partial charge in [-0.2, -0.15) is 0 Å². The van der Waals surface area contributed by atoms with Crippen molar-refractivity contribution in [2.24, 2.45) is 0 Å². The van der Waals surface area contributed by atoms with Gasteiger partial charge in [0, 0.05) is 16.6 Å². The molecule has 0 saturated carbocycles. The van der Waals surface area contributed by atoms with Gasteiger partial charge in [0.15, 0.2) is 0 Å². The number of fused-ring (bicyclic) bond motifs is 1. The number of sulfonamides is 1. The molecule has 3 aromatic rings. The molecular formula is C21H19ClN2O4S. The Morgan fingerprint density at radius 2 is 1.97 bits per heavy atom. The maximum atomic E-state index is 13.2. The fraction of sp³-hybridized carbons (Fsp3) is 0.190. The number of hydrogen-bond acceptors (Lipinski definition) is 4. The van der Waals surface area contributed by atoms with Gasteiger partial charge < -0.3 is 9.73 Å². The Morgan fingerprint density at radius 1 is 1.21 bits per heavy atom. The van der Waals surface area contributed by atoms with E-state index in [-0.39, 0.29) is 23.4 Å².